The Labute approximate surface area is 163 Å². The number of piperazine rings is 1. The lowest BCUT2D eigenvalue weighted by molar-refractivity contribution is -0.133. The minimum atomic E-state index is -0.259. The van der Waals surface area contributed by atoms with Crippen molar-refractivity contribution in [2.45, 2.75) is 18.5 Å². The average molecular weight is 389 g/mol. The molecule has 4 rings (SSSR count). The zero-order valence-electron chi connectivity index (χ0n) is 14.9. The monoisotopic (exact) mass is 388 g/mol. The van der Waals surface area contributed by atoms with Gasteiger partial charge in [0.2, 0.25) is 5.91 Å². The molecule has 2 saturated heterocycles. The molecule has 2 aromatic carbocycles. The van der Waals surface area contributed by atoms with E-state index < -0.39 is 0 Å². The highest BCUT2D eigenvalue weighted by molar-refractivity contribution is 6.30. The lowest BCUT2D eigenvalue weighted by atomic mass is 10.0. The maximum absolute atomic E-state index is 14.0. The zero-order chi connectivity index (χ0) is 18.8. The third kappa shape index (κ3) is 3.93. The van der Waals surface area contributed by atoms with Gasteiger partial charge in [0.05, 0.1) is 5.69 Å². The van der Waals surface area contributed by atoms with Gasteiger partial charge in [-0.15, -0.1) is 0 Å². The van der Waals surface area contributed by atoms with E-state index in [9.17, 15) is 9.18 Å². The lowest BCUT2D eigenvalue weighted by Gasteiger charge is -2.37. The van der Waals surface area contributed by atoms with Gasteiger partial charge in [-0.05, 0) is 36.2 Å². The van der Waals surface area contributed by atoms with Crippen LogP contribution in [0.25, 0.3) is 0 Å². The number of para-hydroxylation sites is 1. The molecule has 0 radical (unpaired) electrons. The predicted molar refractivity (Wildman–Crippen MR) is 104 cm³/mol. The molecular weight excluding hydrogens is 367 g/mol. The summed E-state index contributed by atoms with van der Waals surface area (Å²) in [4.78, 5) is 16.7. The fourth-order valence-electron chi connectivity index (χ4n) is 3.73. The molecule has 27 heavy (non-hydrogen) atoms. The van der Waals surface area contributed by atoms with Crippen molar-refractivity contribution in [3.05, 3.63) is 64.9 Å². The third-order valence-electron chi connectivity index (χ3n) is 5.26. The first-order valence-electron chi connectivity index (χ1n) is 9.16. The second kappa shape index (κ2) is 7.84. The highest BCUT2D eigenvalue weighted by Crippen LogP contribution is 2.25. The van der Waals surface area contributed by atoms with E-state index in [0.717, 1.165) is 5.56 Å². The largest absolute Gasteiger partial charge is 0.366 e. The molecule has 0 saturated carbocycles. The van der Waals surface area contributed by atoms with Crippen molar-refractivity contribution in [1.29, 1.82) is 0 Å². The maximum atomic E-state index is 14.0. The van der Waals surface area contributed by atoms with Crippen LogP contribution in [-0.2, 0) is 4.79 Å². The summed E-state index contributed by atoms with van der Waals surface area (Å²) >= 11 is 5.94. The quantitative estimate of drug-likeness (QED) is 0.848. The molecule has 2 atom stereocenters. The van der Waals surface area contributed by atoms with Crippen LogP contribution in [0, 0.1) is 5.82 Å². The van der Waals surface area contributed by atoms with Crippen LogP contribution >= 0.6 is 11.6 Å². The highest BCUT2D eigenvalue weighted by Gasteiger charge is 2.34. The van der Waals surface area contributed by atoms with Crippen LogP contribution in [0.15, 0.2) is 48.5 Å². The van der Waals surface area contributed by atoms with Crippen molar-refractivity contribution in [2.75, 3.05) is 31.1 Å². The molecule has 2 aromatic rings. The fourth-order valence-corrected chi connectivity index (χ4v) is 3.85. The number of carbonyl (C=O) groups is 1. The van der Waals surface area contributed by atoms with E-state index in [2.05, 4.69) is 10.9 Å². The fraction of sp³-hybridized carbons (Fsp3) is 0.350. The predicted octanol–water partition coefficient (Wildman–Crippen LogP) is 2.74. The summed E-state index contributed by atoms with van der Waals surface area (Å²) in [5.41, 5.74) is 8.03. The molecule has 5 nitrogen and oxygen atoms in total. The number of hydrogen-bond acceptors (Lipinski definition) is 4. The van der Waals surface area contributed by atoms with Gasteiger partial charge in [-0.25, -0.2) is 15.2 Å². The number of nitrogens with zero attached hydrogens (tertiary/aromatic N) is 2. The summed E-state index contributed by atoms with van der Waals surface area (Å²) in [5, 5.41) is 0.699. The molecule has 2 heterocycles. The number of anilines is 1. The van der Waals surface area contributed by atoms with Crippen LogP contribution in [0.3, 0.4) is 0 Å². The van der Waals surface area contributed by atoms with E-state index in [1.54, 1.807) is 12.1 Å². The van der Waals surface area contributed by atoms with Crippen LogP contribution in [0.4, 0.5) is 10.1 Å². The van der Waals surface area contributed by atoms with Gasteiger partial charge in [-0.3, -0.25) is 4.79 Å². The van der Waals surface area contributed by atoms with E-state index in [-0.39, 0.29) is 23.8 Å². The molecule has 2 N–H and O–H groups in total. The average Bonchev–Trinajstić information content (AvgIpc) is 3.19. The van der Waals surface area contributed by atoms with E-state index in [1.807, 2.05) is 40.1 Å². The van der Waals surface area contributed by atoms with Gasteiger partial charge >= 0.3 is 0 Å². The summed E-state index contributed by atoms with van der Waals surface area (Å²) in [6.45, 7) is 2.45. The Morgan fingerprint density at radius 3 is 2.41 bits per heavy atom. The van der Waals surface area contributed by atoms with Crippen molar-refractivity contribution in [2.24, 2.45) is 0 Å². The van der Waals surface area contributed by atoms with E-state index in [4.69, 9.17) is 11.6 Å². The molecule has 1 amide bonds. The lowest BCUT2D eigenvalue weighted by Crippen LogP contribution is -2.53. The van der Waals surface area contributed by atoms with Gasteiger partial charge in [0.25, 0.3) is 0 Å². The van der Waals surface area contributed by atoms with Crippen molar-refractivity contribution >= 4 is 23.2 Å². The minimum Gasteiger partial charge on any atom is -0.366 e. The van der Waals surface area contributed by atoms with Crippen molar-refractivity contribution in [1.82, 2.24) is 15.8 Å². The number of benzene rings is 2. The number of carbonyl (C=O) groups excluding carboxylic acids is 1. The first-order valence-corrected chi connectivity index (χ1v) is 9.54. The second-order valence-corrected chi connectivity index (χ2v) is 7.38. The molecular formula is C20H22ClFN4O. The standard InChI is InChI=1S/C20H22ClFN4O/c21-15-7-5-14(6-8-15)17-13-18(24-23-17)20(27)26-11-9-25(10-12-26)19-4-2-1-3-16(19)22/h1-8,17-18,23-24H,9-13H2. The van der Waals surface area contributed by atoms with Gasteiger partial charge in [-0.2, -0.15) is 0 Å². The number of nitrogens with one attached hydrogen (secondary N) is 2. The Bertz CT molecular complexity index is 808. The minimum absolute atomic E-state index is 0.0796. The summed E-state index contributed by atoms with van der Waals surface area (Å²) < 4.78 is 14.0. The molecule has 2 unspecified atom stereocenters. The van der Waals surface area contributed by atoms with Crippen molar-refractivity contribution in [3.63, 3.8) is 0 Å². The van der Waals surface area contributed by atoms with Crippen LogP contribution in [0.5, 0.6) is 0 Å². The SMILES string of the molecule is O=C(C1CC(c2ccc(Cl)cc2)NN1)N1CCN(c2ccccc2F)CC1. The molecule has 2 fully saturated rings. The van der Waals surface area contributed by atoms with Gasteiger partial charge in [0.15, 0.2) is 0 Å². The van der Waals surface area contributed by atoms with Crippen LogP contribution in [0.2, 0.25) is 5.02 Å². The van der Waals surface area contributed by atoms with Gasteiger partial charge in [0.1, 0.15) is 11.9 Å². The van der Waals surface area contributed by atoms with Gasteiger partial charge in [0, 0.05) is 37.2 Å². The Morgan fingerprint density at radius 2 is 1.70 bits per heavy atom. The maximum Gasteiger partial charge on any atom is 0.241 e. The first kappa shape index (κ1) is 18.2. The molecule has 2 aliphatic rings. The molecule has 0 spiro atoms. The van der Waals surface area contributed by atoms with E-state index in [1.165, 1.54) is 6.07 Å². The number of hydrazine groups is 1. The normalized spacial score (nSPS) is 22.9. The molecule has 2 aliphatic heterocycles. The Kier molecular flexibility index (Phi) is 5.29. The molecule has 142 valence electrons. The van der Waals surface area contributed by atoms with Gasteiger partial charge < -0.3 is 9.80 Å². The topological polar surface area (TPSA) is 47.6 Å². The summed E-state index contributed by atoms with van der Waals surface area (Å²) in [7, 11) is 0. The summed E-state index contributed by atoms with van der Waals surface area (Å²) in [6, 6.07) is 14.3. The molecule has 0 bridgehead atoms. The summed E-state index contributed by atoms with van der Waals surface area (Å²) in [6.07, 6.45) is 0.688. The number of halogens is 2. The van der Waals surface area contributed by atoms with E-state index in [0.29, 0.717) is 43.3 Å². The number of rotatable bonds is 3. The second-order valence-electron chi connectivity index (χ2n) is 6.94. The Morgan fingerprint density at radius 1 is 1.00 bits per heavy atom. The third-order valence-corrected chi connectivity index (χ3v) is 5.51. The van der Waals surface area contributed by atoms with Crippen LogP contribution < -0.4 is 15.8 Å². The molecule has 7 heteroatoms. The van der Waals surface area contributed by atoms with Crippen molar-refractivity contribution in [3.8, 4) is 0 Å². The van der Waals surface area contributed by atoms with Crippen LogP contribution in [-0.4, -0.2) is 43.0 Å². The molecule has 0 aliphatic carbocycles. The zero-order valence-corrected chi connectivity index (χ0v) is 15.6. The highest BCUT2D eigenvalue weighted by atomic mass is 35.5. The summed E-state index contributed by atoms with van der Waals surface area (Å²) in [5.74, 6) is -0.128. The number of amides is 1. The smallest absolute Gasteiger partial charge is 0.241 e. The Balaban J connectivity index is 1.33. The van der Waals surface area contributed by atoms with Crippen molar-refractivity contribution < 1.29 is 9.18 Å². The first-order chi connectivity index (χ1) is 13.1. The molecule has 0 aromatic heterocycles. The van der Waals surface area contributed by atoms with Crippen LogP contribution in [0.1, 0.15) is 18.0 Å². The number of hydrogen-bond donors (Lipinski definition) is 2. The van der Waals surface area contributed by atoms with E-state index >= 15 is 0 Å². The Hall–Kier alpha value is -2.15. The van der Waals surface area contributed by atoms with Gasteiger partial charge in [-0.1, -0.05) is 35.9 Å².